The maximum atomic E-state index is 12.9. The number of phenols is 1. The van der Waals surface area contributed by atoms with Gasteiger partial charge < -0.3 is 14.9 Å². The molecule has 2 fully saturated rings. The zero-order valence-corrected chi connectivity index (χ0v) is 19.6. The summed E-state index contributed by atoms with van der Waals surface area (Å²) in [6.07, 6.45) is 7.26. The van der Waals surface area contributed by atoms with E-state index in [0.717, 1.165) is 50.0 Å². The highest BCUT2D eigenvalue weighted by Gasteiger charge is 2.25. The van der Waals surface area contributed by atoms with Gasteiger partial charge >= 0.3 is 0 Å². The van der Waals surface area contributed by atoms with Crippen molar-refractivity contribution in [1.82, 2.24) is 9.21 Å². The van der Waals surface area contributed by atoms with Crippen molar-refractivity contribution in [3.63, 3.8) is 0 Å². The lowest BCUT2D eigenvalue weighted by atomic mass is 10.2. The van der Waals surface area contributed by atoms with Crippen LogP contribution in [0.1, 0.15) is 31.2 Å². The second-order valence-electron chi connectivity index (χ2n) is 8.55. The summed E-state index contributed by atoms with van der Waals surface area (Å²) in [4.78, 5) is 16.9. The number of piperazine rings is 1. The summed E-state index contributed by atoms with van der Waals surface area (Å²) in [5, 5.41) is 9.44. The monoisotopic (exact) mass is 469 g/mol. The maximum Gasteiger partial charge on any atom is 0.246 e. The molecule has 7 nitrogen and oxygen atoms in total. The van der Waals surface area contributed by atoms with Gasteiger partial charge in [-0.1, -0.05) is 25.0 Å². The number of aromatic hydroxyl groups is 1. The van der Waals surface area contributed by atoms with Gasteiger partial charge in [0.1, 0.15) is 5.75 Å². The van der Waals surface area contributed by atoms with Gasteiger partial charge in [0.25, 0.3) is 0 Å². The van der Waals surface area contributed by atoms with Crippen LogP contribution in [0, 0.1) is 0 Å². The summed E-state index contributed by atoms with van der Waals surface area (Å²) < 4.78 is 27.4. The summed E-state index contributed by atoms with van der Waals surface area (Å²) in [5.41, 5.74) is 1.83. The van der Waals surface area contributed by atoms with Crippen LogP contribution in [0.15, 0.2) is 59.5 Å². The molecule has 0 aliphatic carbocycles. The molecule has 0 unspecified atom stereocenters. The van der Waals surface area contributed by atoms with Gasteiger partial charge in [0, 0.05) is 51.0 Å². The SMILES string of the molecule is O=C(C=Cc1ccc(S(=O)(=O)N2CCCCCC2)cc1)N1CCN(c2ccc(O)cc2)CC1. The topological polar surface area (TPSA) is 81.2 Å². The van der Waals surface area contributed by atoms with E-state index in [0.29, 0.717) is 31.1 Å². The van der Waals surface area contributed by atoms with Gasteiger partial charge in [-0.25, -0.2) is 8.42 Å². The first-order valence-corrected chi connectivity index (χ1v) is 13.0. The molecule has 2 aliphatic heterocycles. The maximum absolute atomic E-state index is 12.9. The van der Waals surface area contributed by atoms with E-state index in [1.165, 1.54) is 0 Å². The van der Waals surface area contributed by atoms with Crippen molar-refractivity contribution in [1.29, 1.82) is 0 Å². The standard InChI is InChI=1S/C25H31N3O4S/c29-23-10-8-22(9-11-23)26-17-19-27(20-18-26)25(30)14-7-21-5-12-24(13-6-21)33(31,32)28-15-3-1-2-4-16-28/h5-14,29H,1-4,15-20H2. The first kappa shape index (κ1) is 23.3. The number of hydrogen-bond acceptors (Lipinski definition) is 5. The number of carbonyl (C=O) groups excluding carboxylic acids is 1. The molecule has 0 bridgehead atoms. The smallest absolute Gasteiger partial charge is 0.246 e. The van der Waals surface area contributed by atoms with Crippen LogP contribution < -0.4 is 4.90 Å². The Kier molecular flexibility index (Phi) is 7.35. The molecule has 2 aromatic carbocycles. The molecule has 2 aliphatic rings. The number of rotatable bonds is 5. The molecule has 0 aromatic heterocycles. The van der Waals surface area contributed by atoms with Gasteiger partial charge in [-0.2, -0.15) is 4.31 Å². The largest absolute Gasteiger partial charge is 0.508 e. The second-order valence-corrected chi connectivity index (χ2v) is 10.5. The quantitative estimate of drug-likeness (QED) is 0.680. The number of amides is 1. The van der Waals surface area contributed by atoms with Crippen molar-refractivity contribution < 1.29 is 18.3 Å². The van der Waals surface area contributed by atoms with Gasteiger partial charge in [-0.05, 0) is 60.9 Å². The molecule has 1 amide bonds. The number of sulfonamides is 1. The van der Waals surface area contributed by atoms with E-state index in [1.54, 1.807) is 52.9 Å². The molecular weight excluding hydrogens is 438 g/mol. The fourth-order valence-corrected chi connectivity index (χ4v) is 5.82. The molecule has 0 radical (unpaired) electrons. The van der Waals surface area contributed by atoms with Crippen LogP contribution in [0.3, 0.4) is 0 Å². The van der Waals surface area contributed by atoms with Crippen LogP contribution in [0.5, 0.6) is 5.75 Å². The van der Waals surface area contributed by atoms with Crippen LogP contribution in [0.25, 0.3) is 6.08 Å². The molecule has 2 heterocycles. The van der Waals surface area contributed by atoms with Crippen LogP contribution in [0.2, 0.25) is 0 Å². The van der Waals surface area contributed by atoms with E-state index in [1.807, 2.05) is 17.0 Å². The average molecular weight is 470 g/mol. The predicted molar refractivity (Wildman–Crippen MR) is 130 cm³/mol. The minimum absolute atomic E-state index is 0.0541. The average Bonchev–Trinajstić information content (AvgIpc) is 3.14. The van der Waals surface area contributed by atoms with Crippen LogP contribution in [-0.2, 0) is 14.8 Å². The lowest BCUT2D eigenvalue weighted by Crippen LogP contribution is -2.48. The summed E-state index contributed by atoms with van der Waals surface area (Å²) in [7, 11) is -3.47. The third-order valence-electron chi connectivity index (χ3n) is 6.31. The van der Waals surface area contributed by atoms with Gasteiger partial charge in [0.15, 0.2) is 0 Å². The molecule has 176 valence electrons. The molecular formula is C25H31N3O4S. The Labute approximate surface area is 196 Å². The normalized spacial score (nSPS) is 18.4. The number of benzene rings is 2. The van der Waals surface area contributed by atoms with Crippen LogP contribution >= 0.6 is 0 Å². The fraction of sp³-hybridized carbons (Fsp3) is 0.400. The molecule has 4 rings (SSSR count). The molecule has 0 saturated carbocycles. The van der Waals surface area contributed by atoms with Gasteiger partial charge in [-0.15, -0.1) is 0 Å². The first-order valence-electron chi connectivity index (χ1n) is 11.5. The highest BCUT2D eigenvalue weighted by molar-refractivity contribution is 7.89. The van der Waals surface area contributed by atoms with Crippen molar-refractivity contribution in [3.8, 4) is 5.75 Å². The summed E-state index contributed by atoms with van der Waals surface area (Å²) in [6.45, 7) is 3.87. The van der Waals surface area contributed by atoms with E-state index in [-0.39, 0.29) is 11.7 Å². The Morgan fingerprint density at radius 1 is 0.788 bits per heavy atom. The zero-order chi connectivity index (χ0) is 23.3. The minimum atomic E-state index is -3.47. The fourth-order valence-electron chi connectivity index (χ4n) is 4.30. The van der Waals surface area contributed by atoms with Crippen LogP contribution in [0.4, 0.5) is 5.69 Å². The van der Waals surface area contributed by atoms with E-state index in [2.05, 4.69) is 4.90 Å². The third-order valence-corrected chi connectivity index (χ3v) is 8.22. The molecule has 0 atom stereocenters. The highest BCUT2D eigenvalue weighted by atomic mass is 32.2. The van der Waals surface area contributed by atoms with Gasteiger partial charge in [0.2, 0.25) is 15.9 Å². The van der Waals surface area contributed by atoms with E-state index < -0.39 is 10.0 Å². The van der Waals surface area contributed by atoms with E-state index >= 15 is 0 Å². The first-order chi connectivity index (χ1) is 15.9. The highest BCUT2D eigenvalue weighted by Crippen LogP contribution is 2.22. The Balaban J connectivity index is 1.32. The number of anilines is 1. The zero-order valence-electron chi connectivity index (χ0n) is 18.8. The molecule has 1 N–H and O–H groups in total. The third kappa shape index (κ3) is 5.75. The second kappa shape index (κ2) is 10.4. The lowest BCUT2D eigenvalue weighted by molar-refractivity contribution is -0.126. The Morgan fingerprint density at radius 2 is 1.39 bits per heavy atom. The predicted octanol–water partition coefficient (Wildman–Crippen LogP) is 3.32. The van der Waals surface area contributed by atoms with Crippen molar-refractivity contribution in [2.75, 3.05) is 44.2 Å². The van der Waals surface area contributed by atoms with Crippen molar-refractivity contribution in [2.45, 2.75) is 30.6 Å². The molecule has 0 spiro atoms. The number of hydrogen-bond donors (Lipinski definition) is 1. The summed E-state index contributed by atoms with van der Waals surface area (Å²) in [5.74, 6) is 0.187. The molecule has 33 heavy (non-hydrogen) atoms. The lowest BCUT2D eigenvalue weighted by Gasteiger charge is -2.35. The van der Waals surface area contributed by atoms with Gasteiger partial charge in [-0.3, -0.25) is 4.79 Å². The summed E-state index contributed by atoms with van der Waals surface area (Å²) >= 11 is 0. The number of phenolic OH excluding ortho intramolecular Hbond substituents is 1. The van der Waals surface area contributed by atoms with E-state index in [4.69, 9.17) is 0 Å². The number of nitrogens with zero attached hydrogens (tertiary/aromatic N) is 3. The molecule has 2 aromatic rings. The van der Waals surface area contributed by atoms with Crippen molar-refractivity contribution >= 4 is 27.7 Å². The van der Waals surface area contributed by atoms with Crippen molar-refractivity contribution in [2.24, 2.45) is 0 Å². The molecule has 8 heteroatoms. The Bertz CT molecular complexity index is 1070. The van der Waals surface area contributed by atoms with Crippen LogP contribution in [-0.4, -0.2) is 67.9 Å². The Morgan fingerprint density at radius 3 is 2.00 bits per heavy atom. The summed E-state index contributed by atoms with van der Waals surface area (Å²) in [6, 6.07) is 13.8. The minimum Gasteiger partial charge on any atom is -0.508 e. The number of carbonyl (C=O) groups is 1. The molecule has 2 saturated heterocycles. The van der Waals surface area contributed by atoms with Crippen molar-refractivity contribution in [3.05, 3.63) is 60.2 Å². The van der Waals surface area contributed by atoms with Gasteiger partial charge in [0.05, 0.1) is 4.90 Å². The Hall–Kier alpha value is -2.84. The van der Waals surface area contributed by atoms with E-state index in [9.17, 15) is 18.3 Å².